The van der Waals surface area contributed by atoms with E-state index in [9.17, 15) is 4.79 Å². The lowest BCUT2D eigenvalue weighted by molar-refractivity contribution is 0.0663. The zero-order chi connectivity index (χ0) is 15.2. The van der Waals surface area contributed by atoms with Crippen molar-refractivity contribution < 1.29 is 9.90 Å². The van der Waals surface area contributed by atoms with Gasteiger partial charge in [-0.05, 0) is 51.2 Å². The molecule has 0 spiro atoms. The van der Waals surface area contributed by atoms with Crippen molar-refractivity contribution in [3.8, 4) is 11.8 Å². The molecule has 1 aromatic carbocycles. The van der Waals surface area contributed by atoms with Gasteiger partial charge < -0.3 is 14.9 Å². The quantitative estimate of drug-likeness (QED) is 0.831. The van der Waals surface area contributed by atoms with Gasteiger partial charge in [0, 0.05) is 30.3 Å². The van der Waals surface area contributed by atoms with Crippen LogP contribution >= 0.6 is 0 Å². The molecule has 0 atom stereocenters. The first-order chi connectivity index (χ1) is 10.1. The van der Waals surface area contributed by atoms with Crippen molar-refractivity contribution in [1.29, 1.82) is 0 Å². The monoisotopic (exact) mass is 286 g/mol. The Kier molecular flexibility index (Phi) is 5.38. The topological polar surface area (TPSA) is 43.8 Å². The second kappa shape index (κ2) is 7.26. The number of carbonyl (C=O) groups is 1. The number of piperidine rings is 1. The SMILES string of the molecule is CN(C)C1CCN(C(=O)c2ccc(C#CCO)cc2)CC1. The second-order valence-electron chi connectivity index (χ2n) is 5.52. The molecule has 4 heteroatoms. The van der Waals surface area contributed by atoms with Crippen LogP contribution in [0.2, 0.25) is 0 Å². The fourth-order valence-electron chi connectivity index (χ4n) is 2.61. The Labute approximate surface area is 126 Å². The lowest BCUT2D eigenvalue weighted by atomic mass is 10.0. The van der Waals surface area contributed by atoms with Crippen LogP contribution in [0.25, 0.3) is 0 Å². The fraction of sp³-hybridized carbons (Fsp3) is 0.471. The first-order valence-corrected chi connectivity index (χ1v) is 7.27. The molecule has 1 aromatic rings. The van der Waals surface area contributed by atoms with Crippen LogP contribution in [-0.4, -0.2) is 60.6 Å². The number of likely N-dealkylation sites (tertiary alicyclic amines) is 1. The number of hydrogen-bond acceptors (Lipinski definition) is 3. The molecule has 4 nitrogen and oxygen atoms in total. The molecule has 0 saturated carbocycles. The van der Waals surface area contributed by atoms with E-state index in [2.05, 4.69) is 30.8 Å². The van der Waals surface area contributed by atoms with Gasteiger partial charge in [-0.2, -0.15) is 0 Å². The van der Waals surface area contributed by atoms with Crippen molar-refractivity contribution in [2.45, 2.75) is 18.9 Å². The number of rotatable bonds is 2. The Morgan fingerprint density at radius 2 is 1.90 bits per heavy atom. The summed E-state index contributed by atoms with van der Waals surface area (Å²) in [6.07, 6.45) is 2.05. The first kappa shape index (κ1) is 15.6. The Morgan fingerprint density at radius 1 is 1.29 bits per heavy atom. The van der Waals surface area contributed by atoms with Gasteiger partial charge in [-0.15, -0.1) is 0 Å². The van der Waals surface area contributed by atoms with Gasteiger partial charge in [-0.3, -0.25) is 4.79 Å². The number of aliphatic hydroxyl groups is 1. The molecule has 0 radical (unpaired) electrons. The van der Waals surface area contributed by atoms with E-state index in [-0.39, 0.29) is 12.5 Å². The van der Waals surface area contributed by atoms with E-state index in [0.29, 0.717) is 11.6 Å². The van der Waals surface area contributed by atoms with Gasteiger partial charge in [0.15, 0.2) is 0 Å². The minimum absolute atomic E-state index is 0.0915. The van der Waals surface area contributed by atoms with E-state index in [0.717, 1.165) is 31.5 Å². The maximum Gasteiger partial charge on any atom is 0.253 e. The highest BCUT2D eigenvalue weighted by Crippen LogP contribution is 2.17. The predicted octanol–water partition coefficient (Wildman–Crippen LogP) is 1.20. The van der Waals surface area contributed by atoms with Crippen LogP contribution in [0.1, 0.15) is 28.8 Å². The van der Waals surface area contributed by atoms with Crippen LogP contribution in [0.15, 0.2) is 24.3 Å². The van der Waals surface area contributed by atoms with Crippen molar-refractivity contribution in [3.05, 3.63) is 35.4 Å². The van der Waals surface area contributed by atoms with Crippen LogP contribution in [0.3, 0.4) is 0 Å². The average Bonchev–Trinajstić information content (AvgIpc) is 2.53. The van der Waals surface area contributed by atoms with Crippen LogP contribution in [0.4, 0.5) is 0 Å². The Hall–Kier alpha value is -1.83. The van der Waals surface area contributed by atoms with Gasteiger partial charge in [0.2, 0.25) is 0 Å². The first-order valence-electron chi connectivity index (χ1n) is 7.27. The molecule has 2 rings (SSSR count). The predicted molar refractivity (Wildman–Crippen MR) is 83.0 cm³/mol. The van der Waals surface area contributed by atoms with E-state index in [1.165, 1.54) is 0 Å². The highest BCUT2D eigenvalue weighted by Gasteiger charge is 2.24. The van der Waals surface area contributed by atoms with Gasteiger partial charge in [-0.1, -0.05) is 11.8 Å². The number of aliphatic hydroxyl groups excluding tert-OH is 1. The molecule has 0 unspecified atom stereocenters. The molecule has 0 aromatic heterocycles. The summed E-state index contributed by atoms with van der Waals surface area (Å²) < 4.78 is 0. The number of nitrogens with zero attached hydrogens (tertiary/aromatic N) is 2. The van der Waals surface area contributed by atoms with Gasteiger partial charge in [0.25, 0.3) is 5.91 Å². The summed E-state index contributed by atoms with van der Waals surface area (Å²) in [5.74, 6) is 5.52. The number of carbonyl (C=O) groups excluding carboxylic acids is 1. The molecular weight excluding hydrogens is 264 g/mol. The van der Waals surface area contributed by atoms with Crippen LogP contribution in [-0.2, 0) is 0 Å². The maximum absolute atomic E-state index is 12.4. The van der Waals surface area contributed by atoms with Crippen molar-refractivity contribution in [2.75, 3.05) is 33.8 Å². The maximum atomic E-state index is 12.4. The highest BCUT2D eigenvalue weighted by atomic mass is 16.2. The molecule has 1 saturated heterocycles. The van der Waals surface area contributed by atoms with Crippen LogP contribution in [0.5, 0.6) is 0 Å². The summed E-state index contributed by atoms with van der Waals surface area (Å²) in [5, 5.41) is 8.66. The smallest absolute Gasteiger partial charge is 0.253 e. The van der Waals surface area contributed by atoms with E-state index >= 15 is 0 Å². The van der Waals surface area contributed by atoms with Crippen molar-refractivity contribution >= 4 is 5.91 Å². The molecule has 112 valence electrons. The molecule has 0 aliphatic carbocycles. The number of amides is 1. The van der Waals surface area contributed by atoms with E-state index in [4.69, 9.17) is 5.11 Å². The fourth-order valence-corrected chi connectivity index (χ4v) is 2.61. The summed E-state index contributed by atoms with van der Waals surface area (Å²) >= 11 is 0. The van der Waals surface area contributed by atoms with Crippen molar-refractivity contribution in [1.82, 2.24) is 9.80 Å². The van der Waals surface area contributed by atoms with E-state index in [1.54, 1.807) is 0 Å². The zero-order valence-electron chi connectivity index (χ0n) is 12.7. The minimum Gasteiger partial charge on any atom is -0.384 e. The number of benzene rings is 1. The lowest BCUT2D eigenvalue weighted by Crippen LogP contribution is -2.44. The summed E-state index contributed by atoms with van der Waals surface area (Å²) in [4.78, 5) is 16.6. The van der Waals surface area contributed by atoms with Gasteiger partial charge in [0.05, 0.1) is 0 Å². The molecule has 1 aliphatic heterocycles. The van der Waals surface area contributed by atoms with Crippen LogP contribution in [0, 0.1) is 11.8 Å². The standard InChI is InChI=1S/C17H22N2O2/c1-18(2)16-9-11-19(12-10-16)17(21)15-7-5-14(6-8-15)4-3-13-20/h5-8,16,20H,9-13H2,1-2H3. The zero-order valence-corrected chi connectivity index (χ0v) is 12.7. The molecule has 1 aliphatic rings. The number of hydrogen-bond donors (Lipinski definition) is 1. The van der Waals surface area contributed by atoms with Crippen LogP contribution < -0.4 is 0 Å². The van der Waals surface area contributed by atoms with E-state index < -0.39 is 0 Å². The molecule has 1 heterocycles. The highest BCUT2D eigenvalue weighted by molar-refractivity contribution is 5.94. The Balaban J connectivity index is 1.97. The summed E-state index contributed by atoms with van der Waals surface area (Å²) in [7, 11) is 4.18. The summed E-state index contributed by atoms with van der Waals surface area (Å²) in [5.41, 5.74) is 1.51. The largest absolute Gasteiger partial charge is 0.384 e. The molecule has 21 heavy (non-hydrogen) atoms. The third-order valence-corrected chi connectivity index (χ3v) is 3.93. The van der Waals surface area contributed by atoms with Crippen molar-refractivity contribution in [2.24, 2.45) is 0 Å². The minimum atomic E-state index is -0.151. The molecule has 1 N–H and O–H groups in total. The molecule has 0 bridgehead atoms. The molecule has 1 fully saturated rings. The summed E-state index contributed by atoms with van der Waals surface area (Å²) in [6.45, 7) is 1.48. The Morgan fingerprint density at radius 3 is 2.43 bits per heavy atom. The lowest BCUT2D eigenvalue weighted by Gasteiger charge is -2.35. The normalized spacial score (nSPS) is 15.7. The third kappa shape index (κ3) is 4.07. The third-order valence-electron chi connectivity index (χ3n) is 3.93. The van der Waals surface area contributed by atoms with Gasteiger partial charge in [-0.25, -0.2) is 0 Å². The molecular formula is C17H22N2O2. The Bertz CT molecular complexity index is 532. The van der Waals surface area contributed by atoms with Gasteiger partial charge in [0.1, 0.15) is 6.61 Å². The summed E-state index contributed by atoms with van der Waals surface area (Å²) in [6, 6.07) is 7.83. The van der Waals surface area contributed by atoms with Gasteiger partial charge >= 0.3 is 0 Å². The van der Waals surface area contributed by atoms with Crippen molar-refractivity contribution in [3.63, 3.8) is 0 Å². The second-order valence-corrected chi connectivity index (χ2v) is 5.52. The van der Waals surface area contributed by atoms with E-state index in [1.807, 2.05) is 29.2 Å². The molecule has 1 amide bonds. The average molecular weight is 286 g/mol.